The SMILES string of the molecule is CCCC(CN)C(=O)N1CCC(CCC(=O)O)CC1. The Morgan fingerprint density at radius 1 is 1.37 bits per heavy atom. The highest BCUT2D eigenvalue weighted by molar-refractivity contribution is 5.79. The maximum absolute atomic E-state index is 12.2. The fourth-order valence-corrected chi connectivity index (χ4v) is 2.72. The molecule has 0 aromatic carbocycles. The monoisotopic (exact) mass is 270 g/mol. The third-order valence-electron chi connectivity index (χ3n) is 3.96. The highest BCUT2D eigenvalue weighted by Gasteiger charge is 2.27. The number of amides is 1. The van der Waals surface area contributed by atoms with Gasteiger partial charge in [-0.1, -0.05) is 13.3 Å². The van der Waals surface area contributed by atoms with E-state index in [-0.39, 0.29) is 18.2 Å². The Balaban J connectivity index is 2.36. The molecule has 0 aromatic heterocycles. The van der Waals surface area contributed by atoms with Crippen molar-refractivity contribution >= 4 is 11.9 Å². The van der Waals surface area contributed by atoms with Crippen LogP contribution in [0.3, 0.4) is 0 Å². The summed E-state index contributed by atoms with van der Waals surface area (Å²) in [5, 5.41) is 8.67. The average molecular weight is 270 g/mol. The Kier molecular flexibility index (Phi) is 6.84. The fraction of sp³-hybridized carbons (Fsp3) is 0.857. The number of rotatable bonds is 7. The first kappa shape index (κ1) is 16.0. The van der Waals surface area contributed by atoms with E-state index in [1.54, 1.807) is 0 Å². The summed E-state index contributed by atoms with van der Waals surface area (Å²) in [4.78, 5) is 24.7. The molecule has 1 heterocycles. The van der Waals surface area contributed by atoms with Crippen LogP contribution < -0.4 is 5.73 Å². The summed E-state index contributed by atoms with van der Waals surface area (Å²) >= 11 is 0. The van der Waals surface area contributed by atoms with Gasteiger partial charge in [-0.2, -0.15) is 0 Å². The quantitative estimate of drug-likeness (QED) is 0.733. The highest BCUT2D eigenvalue weighted by atomic mass is 16.4. The van der Waals surface area contributed by atoms with Gasteiger partial charge in [0, 0.05) is 26.1 Å². The molecule has 19 heavy (non-hydrogen) atoms. The van der Waals surface area contributed by atoms with Gasteiger partial charge in [0.05, 0.1) is 5.92 Å². The molecule has 1 aliphatic rings. The zero-order valence-electron chi connectivity index (χ0n) is 11.8. The Hall–Kier alpha value is -1.10. The molecule has 1 amide bonds. The third-order valence-corrected chi connectivity index (χ3v) is 3.96. The van der Waals surface area contributed by atoms with Crippen molar-refractivity contribution in [3.8, 4) is 0 Å². The number of carboxylic acids is 1. The number of carbonyl (C=O) groups excluding carboxylic acids is 1. The zero-order chi connectivity index (χ0) is 14.3. The summed E-state index contributed by atoms with van der Waals surface area (Å²) in [5.41, 5.74) is 5.66. The summed E-state index contributed by atoms with van der Waals surface area (Å²) in [7, 11) is 0. The van der Waals surface area contributed by atoms with Gasteiger partial charge in [0.25, 0.3) is 0 Å². The van der Waals surface area contributed by atoms with Crippen LogP contribution in [0.5, 0.6) is 0 Å². The van der Waals surface area contributed by atoms with E-state index in [9.17, 15) is 9.59 Å². The first-order valence-electron chi connectivity index (χ1n) is 7.29. The van der Waals surface area contributed by atoms with Gasteiger partial charge < -0.3 is 15.7 Å². The molecule has 110 valence electrons. The molecule has 3 N–H and O–H groups in total. The summed E-state index contributed by atoms with van der Waals surface area (Å²) in [6, 6.07) is 0. The van der Waals surface area contributed by atoms with Crippen molar-refractivity contribution in [3.05, 3.63) is 0 Å². The van der Waals surface area contributed by atoms with Crippen molar-refractivity contribution in [3.63, 3.8) is 0 Å². The van der Waals surface area contributed by atoms with Gasteiger partial charge in [-0.15, -0.1) is 0 Å². The number of nitrogens with two attached hydrogens (primary N) is 1. The standard InChI is InChI=1S/C14H26N2O3/c1-2-3-12(10-15)14(19)16-8-6-11(7-9-16)4-5-13(17)18/h11-12H,2-10,15H2,1H3,(H,17,18). The fourth-order valence-electron chi connectivity index (χ4n) is 2.72. The Morgan fingerprint density at radius 3 is 2.47 bits per heavy atom. The van der Waals surface area contributed by atoms with Crippen LogP contribution in [0.2, 0.25) is 0 Å². The number of nitrogens with zero attached hydrogens (tertiary/aromatic N) is 1. The molecular weight excluding hydrogens is 244 g/mol. The Morgan fingerprint density at radius 2 is 2.00 bits per heavy atom. The molecule has 1 saturated heterocycles. The Bertz CT molecular complexity index is 299. The smallest absolute Gasteiger partial charge is 0.303 e. The van der Waals surface area contributed by atoms with Gasteiger partial charge in [0.2, 0.25) is 5.91 Å². The molecule has 1 fully saturated rings. The second-order valence-corrected chi connectivity index (χ2v) is 5.42. The first-order chi connectivity index (χ1) is 9.08. The molecule has 0 saturated carbocycles. The molecule has 5 nitrogen and oxygen atoms in total. The molecule has 0 radical (unpaired) electrons. The van der Waals surface area contributed by atoms with Crippen LogP contribution in [0.1, 0.15) is 45.4 Å². The molecule has 1 rings (SSSR count). The summed E-state index contributed by atoms with van der Waals surface area (Å²) < 4.78 is 0. The number of carbonyl (C=O) groups is 2. The van der Waals surface area contributed by atoms with Crippen LogP contribution in [0.4, 0.5) is 0 Å². The topological polar surface area (TPSA) is 83.6 Å². The molecule has 1 aliphatic heterocycles. The van der Waals surface area contributed by atoms with Crippen molar-refractivity contribution in [2.75, 3.05) is 19.6 Å². The molecule has 5 heteroatoms. The van der Waals surface area contributed by atoms with E-state index in [0.717, 1.165) is 45.2 Å². The van der Waals surface area contributed by atoms with Crippen molar-refractivity contribution in [2.45, 2.75) is 45.4 Å². The minimum Gasteiger partial charge on any atom is -0.481 e. The minimum absolute atomic E-state index is 0.0411. The van der Waals surface area contributed by atoms with E-state index in [1.807, 2.05) is 4.90 Å². The van der Waals surface area contributed by atoms with Gasteiger partial charge in [0.15, 0.2) is 0 Å². The van der Waals surface area contributed by atoms with Gasteiger partial charge in [-0.25, -0.2) is 0 Å². The molecule has 0 spiro atoms. The predicted octanol–water partition coefficient (Wildman–Crippen LogP) is 1.46. The van der Waals surface area contributed by atoms with E-state index in [2.05, 4.69) is 6.92 Å². The molecule has 0 aromatic rings. The number of carboxylic acid groups (broad SMARTS) is 1. The lowest BCUT2D eigenvalue weighted by Gasteiger charge is -2.34. The average Bonchev–Trinajstić information content (AvgIpc) is 2.42. The van der Waals surface area contributed by atoms with Gasteiger partial charge in [0.1, 0.15) is 0 Å². The zero-order valence-corrected chi connectivity index (χ0v) is 11.8. The van der Waals surface area contributed by atoms with Crippen LogP contribution in [-0.4, -0.2) is 41.5 Å². The second-order valence-electron chi connectivity index (χ2n) is 5.42. The van der Waals surface area contributed by atoms with E-state index in [1.165, 1.54) is 0 Å². The summed E-state index contributed by atoms with van der Waals surface area (Å²) in [6.07, 6.45) is 4.63. The lowest BCUT2D eigenvalue weighted by atomic mass is 9.91. The number of hydrogen-bond acceptors (Lipinski definition) is 3. The van der Waals surface area contributed by atoms with Crippen LogP contribution in [0.15, 0.2) is 0 Å². The van der Waals surface area contributed by atoms with Crippen molar-refractivity contribution in [1.29, 1.82) is 0 Å². The largest absolute Gasteiger partial charge is 0.481 e. The Labute approximate surface area is 115 Å². The van der Waals surface area contributed by atoms with Crippen LogP contribution in [0, 0.1) is 11.8 Å². The molecular formula is C14H26N2O3. The van der Waals surface area contributed by atoms with Crippen molar-refractivity contribution < 1.29 is 14.7 Å². The maximum atomic E-state index is 12.2. The number of aliphatic carboxylic acids is 1. The third kappa shape index (κ3) is 5.19. The van der Waals surface area contributed by atoms with E-state index < -0.39 is 5.97 Å². The summed E-state index contributed by atoms with van der Waals surface area (Å²) in [6.45, 7) is 3.99. The lowest BCUT2D eigenvalue weighted by Crippen LogP contribution is -2.43. The van der Waals surface area contributed by atoms with Gasteiger partial charge in [-0.05, 0) is 31.6 Å². The second kappa shape index (κ2) is 8.15. The molecule has 1 atom stereocenters. The van der Waals surface area contributed by atoms with E-state index >= 15 is 0 Å². The highest BCUT2D eigenvalue weighted by Crippen LogP contribution is 2.23. The number of piperidine rings is 1. The molecule has 0 bridgehead atoms. The summed E-state index contributed by atoms with van der Waals surface area (Å²) in [5.74, 6) is -0.145. The number of likely N-dealkylation sites (tertiary alicyclic amines) is 1. The number of hydrogen-bond donors (Lipinski definition) is 2. The van der Waals surface area contributed by atoms with Crippen LogP contribution in [-0.2, 0) is 9.59 Å². The minimum atomic E-state index is -0.732. The molecule has 0 aliphatic carbocycles. The first-order valence-corrected chi connectivity index (χ1v) is 7.29. The van der Waals surface area contributed by atoms with Crippen molar-refractivity contribution in [1.82, 2.24) is 4.90 Å². The normalized spacial score (nSPS) is 18.3. The van der Waals surface area contributed by atoms with Crippen LogP contribution >= 0.6 is 0 Å². The van der Waals surface area contributed by atoms with Gasteiger partial charge >= 0.3 is 5.97 Å². The van der Waals surface area contributed by atoms with E-state index in [4.69, 9.17) is 10.8 Å². The maximum Gasteiger partial charge on any atom is 0.303 e. The molecule has 1 unspecified atom stereocenters. The van der Waals surface area contributed by atoms with Crippen molar-refractivity contribution in [2.24, 2.45) is 17.6 Å². The van der Waals surface area contributed by atoms with E-state index in [0.29, 0.717) is 12.5 Å². The van der Waals surface area contributed by atoms with Crippen LogP contribution in [0.25, 0.3) is 0 Å². The van der Waals surface area contributed by atoms with Gasteiger partial charge in [-0.3, -0.25) is 9.59 Å². The predicted molar refractivity (Wildman–Crippen MR) is 73.6 cm³/mol. The lowest BCUT2D eigenvalue weighted by molar-refractivity contribution is -0.139.